The highest BCUT2D eigenvalue weighted by Crippen LogP contribution is 2.22. The summed E-state index contributed by atoms with van der Waals surface area (Å²) in [4.78, 5) is 29.6. The molecule has 0 aliphatic heterocycles. The summed E-state index contributed by atoms with van der Waals surface area (Å²) in [5.74, 6) is 0.652. The van der Waals surface area contributed by atoms with E-state index in [-0.39, 0.29) is 23.9 Å². The molecule has 0 saturated heterocycles. The minimum Gasteiger partial charge on any atom is -0.497 e. The Balaban J connectivity index is 1.54. The van der Waals surface area contributed by atoms with Crippen LogP contribution in [0.4, 0.5) is 5.69 Å². The highest BCUT2D eigenvalue weighted by Gasteiger charge is 2.16. The summed E-state index contributed by atoms with van der Waals surface area (Å²) in [7, 11) is 1.54. The lowest BCUT2D eigenvalue weighted by Gasteiger charge is -2.09. The predicted octanol–water partition coefficient (Wildman–Crippen LogP) is 3.87. The molecule has 31 heavy (non-hydrogen) atoms. The Hall–Kier alpha value is -3.91. The standard InChI is InChI=1S/C22H17ClN4O4/c1-30-17-5-2-4-16(12-17)24-19(28)13-27-11-3-6-18(22(27)29)21-25-20(26-31-21)14-7-9-15(23)10-8-14/h2-12H,13H2,1H3,(H,24,28). The van der Waals surface area contributed by atoms with Crippen molar-refractivity contribution in [2.45, 2.75) is 6.54 Å². The van der Waals surface area contributed by atoms with Crippen molar-refractivity contribution >= 4 is 23.2 Å². The maximum Gasteiger partial charge on any atom is 0.263 e. The number of aromatic nitrogens is 3. The molecule has 0 aliphatic carbocycles. The molecule has 4 rings (SSSR count). The molecular weight excluding hydrogens is 420 g/mol. The second-order valence-corrected chi connectivity index (χ2v) is 7.00. The van der Waals surface area contributed by atoms with E-state index in [1.54, 1.807) is 67.8 Å². The average molecular weight is 437 g/mol. The first kappa shape index (κ1) is 20.4. The number of carbonyl (C=O) groups is 1. The van der Waals surface area contributed by atoms with Crippen LogP contribution in [-0.4, -0.2) is 27.7 Å². The van der Waals surface area contributed by atoms with Crippen molar-refractivity contribution in [2.24, 2.45) is 0 Å². The zero-order valence-electron chi connectivity index (χ0n) is 16.4. The summed E-state index contributed by atoms with van der Waals surface area (Å²) >= 11 is 5.90. The minimum absolute atomic E-state index is 0.0671. The van der Waals surface area contributed by atoms with E-state index in [1.165, 1.54) is 10.8 Å². The first-order valence-electron chi connectivity index (χ1n) is 9.27. The molecule has 2 heterocycles. The van der Waals surface area contributed by atoms with Gasteiger partial charge in [-0.05, 0) is 48.5 Å². The van der Waals surface area contributed by atoms with Gasteiger partial charge >= 0.3 is 0 Å². The Kier molecular flexibility index (Phi) is 5.81. The lowest BCUT2D eigenvalue weighted by Crippen LogP contribution is -2.28. The van der Waals surface area contributed by atoms with E-state index in [4.69, 9.17) is 20.9 Å². The van der Waals surface area contributed by atoms with Gasteiger partial charge in [-0.2, -0.15) is 4.98 Å². The number of nitrogens with one attached hydrogen (secondary N) is 1. The molecule has 156 valence electrons. The summed E-state index contributed by atoms with van der Waals surface area (Å²) in [5.41, 5.74) is 1.05. The summed E-state index contributed by atoms with van der Waals surface area (Å²) in [6.07, 6.45) is 1.52. The van der Waals surface area contributed by atoms with Crippen molar-refractivity contribution in [3.8, 4) is 28.6 Å². The van der Waals surface area contributed by atoms with E-state index < -0.39 is 5.56 Å². The van der Waals surface area contributed by atoms with Gasteiger partial charge in [-0.25, -0.2) is 0 Å². The number of hydrogen-bond donors (Lipinski definition) is 1. The van der Waals surface area contributed by atoms with Crippen LogP contribution in [0, 0.1) is 0 Å². The van der Waals surface area contributed by atoms with Gasteiger partial charge in [-0.3, -0.25) is 9.59 Å². The van der Waals surface area contributed by atoms with E-state index in [2.05, 4.69) is 15.5 Å². The van der Waals surface area contributed by atoms with Crippen LogP contribution in [0.1, 0.15) is 0 Å². The average Bonchev–Trinajstić information content (AvgIpc) is 3.26. The molecule has 0 atom stereocenters. The normalized spacial score (nSPS) is 10.6. The van der Waals surface area contributed by atoms with E-state index in [0.29, 0.717) is 27.8 Å². The molecule has 0 spiro atoms. The fourth-order valence-corrected chi connectivity index (χ4v) is 3.06. The maximum atomic E-state index is 12.9. The maximum absolute atomic E-state index is 12.9. The number of amides is 1. The number of benzene rings is 2. The van der Waals surface area contributed by atoms with Gasteiger partial charge in [0.15, 0.2) is 0 Å². The smallest absolute Gasteiger partial charge is 0.263 e. The van der Waals surface area contributed by atoms with Crippen molar-refractivity contribution < 1.29 is 14.1 Å². The molecule has 9 heteroatoms. The van der Waals surface area contributed by atoms with Crippen LogP contribution in [0.25, 0.3) is 22.8 Å². The highest BCUT2D eigenvalue weighted by molar-refractivity contribution is 6.30. The van der Waals surface area contributed by atoms with Gasteiger partial charge in [-0.1, -0.05) is 22.8 Å². The van der Waals surface area contributed by atoms with Crippen molar-refractivity contribution in [1.82, 2.24) is 14.7 Å². The van der Waals surface area contributed by atoms with Crippen LogP contribution in [-0.2, 0) is 11.3 Å². The van der Waals surface area contributed by atoms with Gasteiger partial charge in [0.05, 0.1) is 7.11 Å². The number of anilines is 1. The predicted molar refractivity (Wildman–Crippen MR) is 116 cm³/mol. The third-order valence-electron chi connectivity index (χ3n) is 4.45. The molecule has 2 aromatic carbocycles. The Morgan fingerprint density at radius 3 is 2.74 bits per heavy atom. The van der Waals surface area contributed by atoms with Crippen molar-refractivity contribution in [3.05, 3.63) is 82.2 Å². The summed E-state index contributed by atoms with van der Waals surface area (Å²) in [6.45, 7) is -0.179. The second kappa shape index (κ2) is 8.85. The molecule has 4 aromatic rings. The zero-order valence-corrected chi connectivity index (χ0v) is 17.2. The molecule has 0 saturated carbocycles. The fraction of sp³-hybridized carbons (Fsp3) is 0.0909. The number of pyridine rings is 1. The SMILES string of the molecule is COc1cccc(NC(=O)Cn2cccc(-c3nc(-c4ccc(Cl)cc4)no3)c2=O)c1. The van der Waals surface area contributed by atoms with E-state index in [9.17, 15) is 9.59 Å². The van der Waals surface area contributed by atoms with E-state index in [0.717, 1.165) is 0 Å². The molecule has 0 bridgehead atoms. The summed E-state index contributed by atoms with van der Waals surface area (Å²) < 4.78 is 11.7. The van der Waals surface area contributed by atoms with Crippen LogP contribution in [0.15, 0.2) is 76.2 Å². The van der Waals surface area contributed by atoms with Crippen molar-refractivity contribution in [2.75, 3.05) is 12.4 Å². The Morgan fingerprint density at radius 1 is 1.16 bits per heavy atom. The Morgan fingerprint density at radius 2 is 1.97 bits per heavy atom. The van der Waals surface area contributed by atoms with Crippen molar-refractivity contribution in [1.29, 1.82) is 0 Å². The Bertz CT molecular complexity index is 1280. The lowest BCUT2D eigenvalue weighted by molar-refractivity contribution is -0.116. The van der Waals surface area contributed by atoms with Gasteiger partial charge in [0.1, 0.15) is 17.9 Å². The number of halogens is 1. The van der Waals surface area contributed by atoms with Crippen LogP contribution in [0.3, 0.4) is 0 Å². The number of ether oxygens (including phenoxy) is 1. The number of rotatable bonds is 6. The van der Waals surface area contributed by atoms with Gasteiger partial charge in [0.25, 0.3) is 11.4 Å². The third-order valence-corrected chi connectivity index (χ3v) is 4.70. The molecule has 8 nitrogen and oxygen atoms in total. The van der Waals surface area contributed by atoms with Crippen LogP contribution in [0.5, 0.6) is 5.75 Å². The molecule has 0 aliphatic rings. The number of nitrogens with zero attached hydrogens (tertiary/aromatic N) is 3. The number of methoxy groups -OCH3 is 1. The first-order chi connectivity index (χ1) is 15.0. The minimum atomic E-state index is -0.422. The van der Waals surface area contributed by atoms with Crippen molar-refractivity contribution in [3.63, 3.8) is 0 Å². The van der Waals surface area contributed by atoms with Crippen LogP contribution < -0.4 is 15.6 Å². The number of hydrogen-bond acceptors (Lipinski definition) is 6. The van der Waals surface area contributed by atoms with Gasteiger partial charge in [0.2, 0.25) is 11.7 Å². The quantitative estimate of drug-likeness (QED) is 0.492. The highest BCUT2D eigenvalue weighted by atomic mass is 35.5. The first-order valence-corrected chi connectivity index (χ1v) is 9.64. The van der Waals surface area contributed by atoms with Gasteiger partial charge in [0, 0.05) is 28.5 Å². The van der Waals surface area contributed by atoms with Gasteiger partial charge in [-0.15, -0.1) is 0 Å². The molecule has 0 unspecified atom stereocenters. The molecule has 1 N–H and O–H groups in total. The fourth-order valence-electron chi connectivity index (χ4n) is 2.93. The number of carbonyl (C=O) groups excluding carboxylic acids is 1. The Labute approximate surface area is 182 Å². The molecule has 2 aromatic heterocycles. The molecular formula is C22H17ClN4O4. The van der Waals surface area contributed by atoms with Crippen LogP contribution >= 0.6 is 11.6 Å². The topological polar surface area (TPSA) is 99.2 Å². The molecule has 1 amide bonds. The van der Waals surface area contributed by atoms with E-state index in [1.807, 2.05) is 0 Å². The summed E-state index contributed by atoms with van der Waals surface area (Å²) in [6, 6.07) is 17.1. The monoisotopic (exact) mass is 436 g/mol. The largest absolute Gasteiger partial charge is 0.497 e. The summed E-state index contributed by atoms with van der Waals surface area (Å²) in [5, 5.41) is 7.26. The van der Waals surface area contributed by atoms with Crippen LogP contribution in [0.2, 0.25) is 5.02 Å². The molecule has 0 fully saturated rings. The third kappa shape index (κ3) is 4.65. The zero-order chi connectivity index (χ0) is 21.8. The lowest BCUT2D eigenvalue weighted by atomic mass is 10.2. The second-order valence-electron chi connectivity index (χ2n) is 6.57. The van der Waals surface area contributed by atoms with Gasteiger partial charge < -0.3 is 19.1 Å². The molecule has 0 radical (unpaired) electrons. The van der Waals surface area contributed by atoms with E-state index >= 15 is 0 Å².